The zero-order chi connectivity index (χ0) is 8.81. The maximum atomic E-state index is 8.96. The minimum atomic E-state index is -0.214. The summed E-state index contributed by atoms with van der Waals surface area (Å²) < 4.78 is 5.47. The lowest BCUT2D eigenvalue weighted by Crippen LogP contribution is -2.10. The molecule has 0 aromatic rings. The van der Waals surface area contributed by atoms with Crippen molar-refractivity contribution < 1.29 is 9.84 Å². The SMILES string of the molecule is CC(O)CCOCC1CCCC1. The minimum absolute atomic E-state index is 0.214. The highest BCUT2D eigenvalue weighted by molar-refractivity contribution is 4.66. The summed E-state index contributed by atoms with van der Waals surface area (Å²) in [6.07, 6.45) is 6.00. The molecule has 1 aliphatic carbocycles. The number of rotatable bonds is 5. The van der Waals surface area contributed by atoms with Crippen molar-refractivity contribution in [3.05, 3.63) is 0 Å². The molecule has 1 atom stereocenters. The number of aliphatic hydroxyl groups excluding tert-OH is 1. The Morgan fingerprint density at radius 1 is 1.42 bits per heavy atom. The van der Waals surface area contributed by atoms with Gasteiger partial charge < -0.3 is 9.84 Å². The first-order chi connectivity index (χ1) is 5.79. The molecule has 1 saturated carbocycles. The zero-order valence-electron chi connectivity index (χ0n) is 7.96. The smallest absolute Gasteiger partial charge is 0.0534 e. The molecule has 0 saturated heterocycles. The van der Waals surface area contributed by atoms with Gasteiger partial charge in [0.05, 0.1) is 6.10 Å². The molecular formula is C10H20O2. The molecule has 0 bridgehead atoms. The third-order valence-corrected chi connectivity index (χ3v) is 2.51. The second-order valence-corrected chi connectivity index (χ2v) is 3.86. The molecule has 0 aliphatic heterocycles. The van der Waals surface area contributed by atoms with Crippen molar-refractivity contribution in [2.75, 3.05) is 13.2 Å². The van der Waals surface area contributed by atoms with Crippen molar-refractivity contribution >= 4 is 0 Å². The summed E-state index contributed by atoms with van der Waals surface area (Å²) in [7, 11) is 0. The van der Waals surface area contributed by atoms with Gasteiger partial charge in [0, 0.05) is 13.2 Å². The predicted octanol–water partition coefficient (Wildman–Crippen LogP) is 1.96. The van der Waals surface area contributed by atoms with Gasteiger partial charge in [-0.2, -0.15) is 0 Å². The van der Waals surface area contributed by atoms with Crippen molar-refractivity contribution in [1.29, 1.82) is 0 Å². The van der Waals surface area contributed by atoms with Crippen LogP contribution >= 0.6 is 0 Å². The van der Waals surface area contributed by atoms with Crippen molar-refractivity contribution in [1.82, 2.24) is 0 Å². The van der Waals surface area contributed by atoms with E-state index in [0.717, 1.165) is 18.9 Å². The van der Waals surface area contributed by atoms with E-state index >= 15 is 0 Å². The van der Waals surface area contributed by atoms with Gasteiger partial charge >= 0.3 is 0 Å². The summed E-state index contributed by atoms with van der Waals surface area (Å²) in [4.78, 5) is 0. The third kappa shape index (κ3) is 4.07. The number of hydrogen-bond donors (Lipinski definition) is 1. The number of ether oxygens (including phenoxy) is 1. The molecule has 0 aromatic carbocycles. The summed E-state index contributed by atoms with van der Waals surface area (Å²) in [6.45, 7) is 3.43. The standard InChI is InChI=1S/C10H20O2/c1-9(11)6-7-12-8-10-4-2-3-5-10/h9-11H,2-8H2,1H3. The molecule has 1 fully saturated rings. The van der Waals surface area contributed by atoms with Gasteiger partial charge in [0.2, 0.25) is 0 Å². The summed E-state index contributed by atoms with van der Waals surface area (Å²) in [5.74, 6) is 0.805. The monoisotopic (exact) mass is 172 g/mol. The molecule has 1 aliphatic rings. The van der Waals surface area contributed by atoms with Crippen LogP contribution in [0.3, 0.4) is 0 Å². The lowest BCUT2D eigenvalue weighted by Gasteiger charge is -2.10. The van der Waals surface area contributed by atoms with Gasteiger partial charge in [0.1, 0.15) is 0 Å². The average Bonchev–Trinajstić information content (AvgIpc) is 2.49. The Morgan fingerprint density at radius 3 is 2.67 bits per heavy atom. The third-order valence-electron chi connectivity index (χ3n) is 2.51. The van der Waals surface area contributed by atoms with Crippen LogP contribution in [0.5, 0.6) is 0 Å². The first-order valence-electron chi connectivity index (χ1n) is 5.05. The number of hydrogen-bond acceptors (Lipinski definition) is 2. The Labute approximate surface area is 74.9 Å². The lowest BCUT2D eigenvalue weighted by atomic mass is 10.1. The van der Waals surface area contributed by atoms with Crippen LogP contribution in [0.2, 0.25) is 0 Å². The Kier molecular flexibility index (Phi) is 4.62. The van der Waals surface area contributed by atoms with Crippen LogP contribution in [0, 0.1) is 5.92 Å². The van der Waals surface area contributed by atoms with Gasteiger partial charge in [-0.25, -0.2) is 0 Å². The van der Waals surface area contributed by atoms with E-state index in [4.69, 9.17) is 9.84 Å². The van der Waals surface area contributed by atoms with E-state index < -0.39 is 0 Å². The summed E-state index contributed by atoms with van der Waals surface area (Å²) in [6, 6.07) is 0. The fourth-order valence-corrected chi connectivity index (χ4v) is 1.68. The Balaban J connectivity index is 1.88. The summed E-state index contributed by atoms with van der Waals surface area (Å²) in [5.41, 5.74) is 0. The molecule has 12 heavy (non-hydrogen) atoms. The van der Waals surface area contributed by atoms with Gasteiger partial charge in [0.25, 0.3) is 0 Å². The highest BCUT2D eigenvalue weighted by atomic mass is 16.5. The van der Waals surface area contributed by atoms with E-state index in [1.165, 1.54) is 25.7 Å². The van der Waals surface area contributed by atoms with Crippen molar-refractivity contribution in [3.8, 4) is 0 Å². The fourth-order valence-electron chi connectivity index (χ4n) is 1.68. The van der Waals surface area contributed by atoms with Crippen LogP contribution in [0.15, 0.2) is 0 Å². The molecule has 0 radical (unpaired) electrons. The van der Waals surface area contributed by atoms with Crippen LogP contribution < -0.4 is 0 Å². The molecule has 1 N–H and O–H groups in total. The van der Waals surface area contributed by atoms with Gasteiger partial charge in [-0.1, -0.05) is 12.8 Å². The minimum Gasteiger partial charge on any atom is -0.393 e. The first-order valence-corrected chi connectivity index (χ1v) is 5.05. The normalized spacial score (nSPS) is 21.5. The van der Waals surface area contributed by atoms with Gasteiger partial charge in [0.15, 0.2) is 0 Å². The van der Waals surface area contributed by atoms with Gasteiger partial charge in [-0.3, -0.25) is 0 Å². The molecule has 72 valence electrons. The fraction of sp³-hybridized carbons (Fsp3) is 1.00. The predicted molar refractivity (Wildman–Crippen MR) is 49.1 cm³/mol. The van der Waals surface area contributed by atoms with Crippen LogP contribution in [-0.2, 0) is 4.74 Å². The molecular weight excluding hydrogens is 152 g/mol. The van der Waals surface area contributed by atoms with Crippen molar-refractivity contribution in [2.24, 2.45) is 5.92 Å². The Hall–Kier alpha value is -0.0800. The quantitative estimate of drug-likeness (QED) is 0.642. The van der Waals surface area contributed by atoms with E-state index in [0.29, 0.717) is 6.61 Å². The average molecular weight is 172 g/mol. The maximum Gasteiger partial charge on any atom is 0.0534 e. The maximum absolute atomic E-state index is 8.96. The number of aliphatic hydroxyl groups is 1. The molecule has 2 nitrogen and oxygen atoms in total. The highest BCUT2D eigenvalue weighted by Crippen LogP contribution is 2.24. The Bertz CT molecular complexity index is 106. The van der Waals surface area contributed by atoms with Crippen molar-refractivity contribution in [3.63, 3.8) is 0 Å². The van der Waals surface area contributed by atoms with Crippen molar-refractivity contribution in [2.45, 2.75) is 45.1 Å². The molecule has 2 heteroatoms. The van der Waals surface area contributed by atoms with Crippen LogP contribution in [0.25, 0.3) is 0 Å². The highest BCUT2D eigenvalue weighted by Gasteiger charge is 2.14. The lowest BCUT2D eigenvalue weighted by molar-refractivity contribution is 0.0692. The molecule has 0 aromatic heterocycles. The molecule has 0 amide bonds. The Morgan fingerprint density at radius 2 is 2.08 bits per heavy atom. The molecule has 0 heterocycles. The summed E-state index contributed by atoms with van der Waals surface area (Å²) in [5, 5.41) is 8.96. The van der Waals surface area contributed by atoms with E-state index in [1.54, 1.807) is 6.92 Å². The van der Waals surface area contributed by atoms with E-state index in [1.807, 2.05) is 0 Å². The first kappa shape index (κ1) is 10.0. The van der Waals surface area contributed by atoms with Crippen LogP contribution in [-0.4, -0.2) is 24.4 Å². The second kappa shape index (κ2) is 5.55. The van der Waals surface area contributed by atoms with E-state index in [-0.39, 0.29) is 6.10 Å². The molecule has 0 spiro atoms. The molecule has 1 rings (SSSR count). The largest absolute Gasteiger partial charge is 0.393 e. The van der Waals surface area contributed by atoms with Crippen LogP contribution in [0.4, 0.5) is 0 Å². The van der Waals surface area contributed by atoms with Crippen LogP contribution in [0.1, 0.15) is 39.0 Å². The van der Waals surface area contributed by atoms with Gasteiger partial charge in [-0.15, -0.1) is 0 Å². The zero-order valence-corrected chi connectivity index (χ0v) is 7.96. The van der Waals surface area contributed by atoms with E-state index in [9.17, 15) is 0 Å². The summed E-state index contributed by atoms with van der Waals surface area (Å²) >= 11 is 0. The molecule has 1 unspecified atom stereocenters. The van der Waals surface area contributed by atoms with E-state index in [2.05, 4.69) is 0 Å². The second-order valence-electron chi connectivity index (χ2n) is 3.86. The van der Waals surface area contributed by atoms with Gasteiger partial charge in [-0.05, 0) is 32.1 Å². The topological polar surface area (TPSA) is 29.5 Å².